The summed E-state index contributed by atoms with van der Waals surface area (Å²) < 4.78 is 23.7. The first-order chi connectivity index (χ1) is 12.9. The van der Waals surface area contributed by atoms with Crippen molar-refractivity contribution in [3.8, 4) is 11.5 Å². The zero-order valence-electron chi connectivity index (χ0n) is 14.2. The van der Waals surface area contributed by atoms with Gasteiger partial charge >= 0.3 is 0 Å². The number of benzene rings is 2. The molecule has 1 aliphatic rings. The molecule has 1 N–H and O–H groups in total. The Balaban J connectivity index is 1.94. The highest BCUT2D eigenvalue weighted by Gasteiger charge is 2.39. The van der Waals surface area contributed by atoms with Crippen molar-refractivity contribution in [3.05, 3.63) is 58.0 Å². The van der Waals surface area contributed by atoms with Crippen LogP contribution in [0.3, 0.4) is 0 Å². The number of anilines is 2. The maximum absolute atomic E-state index is 13.4. The summed E-state index contributed by atoms with van der Waals surface area (Å²) in [6.45, 7) is 0. The molecule has 2 aromatic carbocycles. The van der Waals surface area contributed by atoms with Crippen molar-refractivity contribution in [2.24, 2.45) is 0 Å². The Bertz CT molecular complexity index is 978. The summed E-state index contributed by atoms with van der Waals surface area (Å²) in [5, 5.41) is 2.29. The number of imide groups is 1. The van der Waals surface area contributed by atoms with Crippen molar-refractivity contribution >= 4 is 46.4 Å². The maximum atomic E-state index is 13.4. The molecule has 9 heteroatoms. The fourth-order valence-corrected chi connectivity index (χ4v) is 2.89. The Hall–Kier alpha value is -2.77. The van der Waals surface area contributed by atoms with Crippen molar-refractivity contribution in [3.63, 3.8) is 0 Å². The molecule has 0 bridgehead atoms. The van der Waals surface area contributed by atoms with E-state index < -0.39 is 17.6 Å². The average Bonchev–Trinajstić information content (AvgIpc) is 2.87. The molecule has 0 spiro atoms. The highest BCUT2D eigenvalue weighted by Crippen LogP contribution is 2.35. The molecule has 2 aromatic rings. The van der Waals surface area contributed by atoms with E-state index in [4.69, 9.17) is 32.7 Å². The third kappa shape index (κ3) is 3.43. The second-order valence-electron chi connectivity index (χ2n) is 5.42. The summed E-state index contributed by atoms with van der Waals surface area (Å²) >= 11 is 11.8. The number of hydrogen-bond donors (Lipinski definition) is 1. The second kappa shape index (κ2) is 7.46. The molecule has 3 rings (SSSR count). The minimum absolute atomic E-state index is 0.105. The van der Waals surface area contributed by atoms with Crippen LogP contribution in [0.25, 0.3) is 0 Å². The molecule has 140 valence electrons. The molecule has 0 atom stereocenters. The standard InChI is InChI=1S/C18H13Cl2FN2O4/c1-26-10-4-6-13(14(8-10)27-2)22-16-15(20)17(24)23(18(16)25)9-3-5-12(21)11(19)7-9/h3-8,22H,1-2H3. The van der Waals surface area contributed by atoms with E-state index in [1.807, 2.05) is 0 Å². The van der Waals surface area contributed by atoms with E-state index in [9.17, 15) is 14.0 Å². The Kier molecular flexibility index (Phi) is 5.25. The van der Waals surface area contributed by atoms with Crippen LogP contribution in [0.5, 0.6) is 11.5 Å². The molecule has 0 unspecified atom stereocenters. The van der Waals surface area contributed by atoms with Crippen LogP contribution >= 0.6 is 23.2 Å². The van der Waals surface area contributed by atoms with Crippen LogP contribution < -0.4 is 19.7 Å². The van der Waals surface area contributed by atoms with Gasteiger partial charge in [0.05, 0.1) is 30.6 Å². The maximum Gasteiger partial charge on any atom is 0.283 e. The molecule has 0 aromatic heterocycles. The molecular weight excluding hydrogens is 398 g/mol. The highest BCUT2D eigenvalue weighted by atomic mass is 35.5. The van der Waals surface area contributed by atoms with Crippen LogP contribution in [0.2, 0.25) is 5.02 Å². The summed E-state index contributed by atoms with van der Waals surface area (Å²) in [4.78, 5) is 26.0. The predicted octanol–water partition coefficient (Wildman–Crippen LogP) is 3.93. The Morgan fingerprint density at radius 3 is 2.37 bits per heavy atom. The number of amides is 2. The normalized spacial score (nSPS) is 14.0. The first-order valence-corrected chi connectivity index (χ1v) is 8.35. The van der Waals surface area contributed by atoms with Crippen LogP contribution in [0.1, 0.15) is 0 Å². The molecule has 0 fully saturated rings. The average molecular weight is 411 g/mol. The number of hydrogen-bond acceptors (Lipinski definition) is 5. The van der Waals surface area contributed by atoms with Crippen LogP contribution in [0.15, 0.2) is 47.1 Å². The lowest BCUT2D eigenvalue weighted by molar-refractivity contribution is -0.120. The number of carbonyl (C=O) groups excluding carboxylic acids is 2. The number of methoxy groups -OCH3 is 2. The van der Waals surface area contributed by atoms with E-state index in [1.54, 1.807) is 18.2 Å². The molecule has 0 aliphatic carbocycles. The van der Waals surface area contributed by atoms with E-state index in [-0.39, 0.29) is 21.4 Å². The van der Waals surface area contributed by atoms with Crippen LogP contribution in [-0.2, 0) is 9.59 Å². The van der Waals surface area contributed by atoms with Gasteiger partial charge in [-0.15, -0.1) is 0 Å². The number of carbonyl (C=O) groups is 2. The van der Waals surface area contributed by atoms with E-state index in [0.29, 0.717) is 17.2 Å². The lowest BCUT2D eigenvalue weighted by Gasteiger charge is -2.16. The van der Waals surface area contributed by atoms with Crippen molar-refractivity contribution in [1.82, 2.24) is 0 Å². The minimum Gasteiger partial charge on any atom is -0.497 e. The molecule has 0 saturated carbocycles. The van der Waals surface area contributed by atoms with Gasteiger partial charge in [0.15, 0.2) is 0 Å². The quantitative estimate of drug-likeness (QED) is 0.756. The van der Waals surface area contributed by atoms with Gasteiger partial charge in [-0.1, -0.05) is 23.2 Å². The smallest absolute Gasteiger partial charge is 0.283 e. The van der Waals surface area contributed by atoms with E-state index in [0.717, 1.165) is 11.0 Å². The molecule has 1 aliphatic heterocycles. The van der Waals surface area contributed by atoms with Gasteiger partial charge in [0.25, 0.3) is 11.8 Å². The van der Waals surface area contributed by atoms with Crippen LogP contribution in [0, 0.1) is 5.82 Å². The highest BCUT2D eigenvalue weighted by molar-refractivity contribution is 6.53. The Morgan fingerprint density at radius 2 is 1.74 bits per heavy atom. The van der Waals surface area contributed by atoms with Gasteiger partial charge in [0.2, 0.25) is 0 Å². The van der Waals surface area contributed by atoms with Gasteiger partial charge in [-0.2, -0.15) is 0 Å². The van der Waals surface area contributed by atoms with Gasteiger partial charge in [0, 0.05) is 6.07 Å². The lowest BCUT2D eigenvalue weighted by Crippen LogP contribution is -2.32. The van der Waals surface area contributed by atoms with E-state index in [2.05, 4.69) is 5.32 Å². The molecule has 2 amide bonds. The molecule has 0 saturated heterocycles. The number of nitrogens with zero attached hydrogens (tertiary/aromatic N) is 1. The fourth-order valence-electron chi connectivity index (χ4n) is 2.51. The van der Waals surface area contributed by atoms with Crippen LogP contribution in [0.4, 0.5) is 15.8 Å². The summed E-state index contributed by atoms with van der Waals surface area (Å²) in [5.41, 5.74) is 0.380. The first-order valence-electron chi connectivity index (χ1n) is 7.60. The fraction of sp³-hybridized carbons (Fsp3) is 0.111. The summed E-state index contributed by atoms with van der Waals surface area (Å²) in [6, 6.07) is 8.37. The zero-order valence-corrected chi connectivity index (χ0v) is 15.7. The van der Waals surface area contributed by atoms with E-state index >= 15 is 0 Å². The first kappa shape index (κ1) is 19.0. The zero-order chi connectivity index (χ0) is 19.7. The van der Waals surface area contributed by atoms with Gasteiger partial charge in [0.1, 0.15) is 28.0 Å². The third-order valence-corrected chi connectivity index (χ3v) is 4.50. The van der Waals surface area contributed by atoms with Gasteiger partial charge in [-0.3, -0.25) is 9.59 Å². The van der Waals surface area contributed by atoms with Crippen molar-refractivity contribution in [1.29, 1.82) is 0 Å². The third-order valence-electron chi connectivity index (χ3n) is 3.86. The lowest BCUT2D eigenvalue weighted by atomic mass is 10.2. The summed E-state index contributed by atoms with van der Waals surface area (Å²) in [5.74, 6) is -1.19. The number of rotatable bonds is 5. The number of halogens is 3. The molecular formula is C18H13Cl2FN2O4. The van der Waals surface area contributed by atoms with Gasteiger partial charge < -0.3 is 14.8 Å². The minimum atomic E-state index is -0.751. The largest absolute Gasteiger partial charge is 0.497 e. The number of nitrogens with one attached hydrogen (secondary N) is 1. The van der Waals surface area contributed by atoms with Gasteiger partial charge in [-0.25, -0.2) is 9.29 Å². The summed E-state index contributed by atoms with van der Waals surface area (Å²) in [6.07, 6.45) is 0. The van der Waals surface area contributed by atoms with E-state index in [1.165, 1.54) is 26.4 Å². The molecule has 0 radical (unpaired) electrons. The van der Waals surface area contributed by atoms with Crippen LogP contribution in [-0.4, -0.2) is 26.0 Å². The Labute approximate surface area is 164 Å². The van der Waals surface area contributed by atoms with Crippen molar-refractivity contribution in [2.75, 3.05) is 24.4 Å². The predicted molar refractivity (Wildman–Crippen MR) is 100.0 cm³/mol. The monoisotopic (exact) mass is 410 g/mol. The SMILES string of the molecule is COc1ccc(NC2=C(Cl)C(=O)N(c3ccc(F)c(Cl)c3)C2=O)c(OC)c1. The molecule has 27 heavy (non-hydrogen) atoms. The molecule has 6 nitrogen and oxygen atoms in total. The topological polar surface area (TPSA) is 67.9 Å². The second-order valence-corrected chi connectivity index (χ2v) is 6.21. The molecule has 1 heterocycles. The van der Waals surface area contributed by atoms with Crippen molar-refractivity contribution in [2.45, 2.75) is 0 Å². The summed E-state index contributed by atoms with van der Waals surface area (Å²) in [7, 11) is 2.95. The van der Waals surface area contributed by atoms with Gasteiger partial charge in [-0.05, 0) is 30.3 Å². The van der Waals surface area contributed by atoms with Crippen molar-refractivity contribution < 1.29 is 23.5 Å². The number of ether oxygens (including phenoxy) is 2. The Morgan fingerprint density at radius 1 is 1.00 bits per heavy atom.